The minimum absolute atomic E-state index is 0. The van der Waals surface area contributed by atoms with Crippen LogP contribution in [0.2, 0.25) is 5.02 Å². The Balaban J connectivity index is 0.00000113. The normalized spacial score (nSPS) is 16.8. The number of hydrogen-bond donors (Lipinski definition) is 1. The van der Waals surface area contributed by atoms with Gasteiger partial charge >= 0.3 is 0 Å². The van der Waals surface area contributed by atoms with Crippen LogP contribution in [0, 0.1) is 13.8 Å². The van der Waals surface area contributed by atoms with Gasteiger partial charge in [-0.05, 0) is 44.5 Å². The first kappa shape index (κ1) is 19.9. The third-order valence-electron chi connectivity index (χ3n) is 4.55. The number of fused-ring (bicyclic) bond motifs is 1. The van der Waals surface area contributed by atoms with E-state index in [1.54, 1.807) is 0 Å². The van der Waals surface area contributed by atoms with E-state index in [-0.39, 0.29) is 30.9 Å². The third-order valence-corrected chi connectivity index (χ3v) is 4.76. The molecule has 1 aliphatic heterocycles. The molecule has 0 amide bonds. The summed E-state index contributed by atoms with van der Waals surface area (Å²) >= 11 is 6.37. The van der Waals surface area contributed by atoms with Crippen molar-refractivity contribution in [3.8, 4) is 5.82 Å². The third kappa shape index (κ3) is 3.34. The summed E-state index contributed by atoms with van der Waals surface area (Å²) < 4.78 is 7.79. The Bertz CT molecular complexity index is 870. The topological polar surface area (TPSA) is 60.2 Å². The number of anilines is 1. The van der Waals surface area contributed by atoms with Gasteiger partial charge in [0.05, 0.1) is 11.1 Å². The fourth-order valence-corrected chi connectivity index (χ4v) is 3.60. The van der Waals surface area contributed by atoms with Crippen molar-refractivity contribution in [1.82, 2.24) is 9.72 Å². The molecule has 0 aliphatic carbocycles. The second kappa shape index (κ2) is 7.46. The SMILES string of the molecule is Cc1ccc(C)n1-c1noc2c(N3CC[C@@H](N)C3)cc(Cl)cc12.Cl.Cl. The summed E-state index contributed by atoms with van der Waals surface area (Å²) in [5.41, 5.74) is 10.0. The van der Waals surface area contributed by atoms with Crippen LogP contribution in [0.5, 0.6) is 0 Å². The van der Waals surface area contributed by atoms with E-state index in [2.05, 4.69) is 40.6 Å². The maximum atomic E-state index is 6.37. The predicted octanol–water partition coefficient (Wildman–Crippen LogP) is 4.27. The molecule has 25 heavy (non-hydrogen) atoms. The van der Waals surface area contributed by atoms with Crippen LogP contribution in [0.1, 0.15) is 17.8 Å². The van der Waals surface area contributed by atoms with Gasteiger partial charge in [0, 0.05) is 35.5 Å². The minimum atomic E-state index is 0. The van der Waals surface area contributed by atoms with Gasteiger partial charge in [-0.1, -0.05) is 16.8 Å². The Morgan fingerprint density at radius 1 is 1.20 bits per heavy atom. The van der Waals surface area contributed by atoms with Crippen LogP contribution in [0.4, 0.5) is 5.69 Å². The maximum Gasteiger partial charge on any atom is 0.192 e. The molecule has 3 heterocycles. The van der Waals surface area contributed by atoms with E-state index in [0.29, 0.717) is 5.02 Å². The summed E-state index contributed by atoms with van der Waals surface area (Å²) in [5.74, 6) is 0.784. The second-order valence-electron chi connectivity index (χ2n) is 6.25. The number of hydrogen-bond acceptors (Lipinski definition) is 4. The van der Waals surface area contributed by atoms with Gasteiger partial charge in [-0.25, -0.2) is 0 Å². The van der Waals surface area contributed by atoms with E-state index in [1.165, 1.54) is 0 Å². The summed E-state index contributed by atoms with van der Waals surface area (Å²) in [5, 5.41) is 5.93. The highest BCUT2D eigenvalue weighted by Gasteiger charge is 2.25. The summed E-state index contributed by atoms with van der Waals surface area (Å²) in [6, 6.07) is 8.19. The summed E-state index contributed by atoms with van der Waals surface area (Å²) in [6.45, 7) is 5.83. The molecule has 3 aromatic rings. The zero-order chi connectivity index (χ0) is 16.1. The standard InChI is InChI=1S/C17H19ClN4O.2ClH/c1-10-3-4-11(2)22(10)17-14-7-12(18)8-15(16(14)23-20-17)21-6-5-13(19)9-21;;/h3-4,7-8,13H,5-6,9,19H2,1-2H3;2*1H/t13-;;/m1../s1. The fourth-order valence-electron chi connectivity index (χ4n) is 3.38. The van der Waals surface area contributed by atoms with Gasteiger partial charge in [-0.2, -0.15) is 0 Å². The van der Waals surface area contributed by atoms with Crippen LogP contribution in [-0.4, -0.2) is 28.9 Å². The van der Waals surface area contributed by atoms with Crippen molar-refractivity contribution < 1.29 is 4.52 Å². The van der Waals surface area contributed by atoms with Gasteiger partial charge in [0.25, 0.3) is 0 Å². The molecule has 0 bridgehead atoms. The summed E-state index contributed by atoms with van der Waals surface area (Å²) in [4.78, 5) is 2.23. The monoisotopic (exact) mass is 402 g/mol. The second-order valence-corrected chi connectivity index (χ2v) is 6.69. The molecule has 4 rings (SSSR count). The van der Waals surface area contributed by atoms with E-state index in [4.69, 9.17) is 21.9 Å². The lowest BCUT2D eigenvalue weighted by molar-refractivity contribution is 0.451. The van der Waals surface area contributed by atoms with Crippen LogP contribution in [-0.2, 0) is 0 Å². The molecule has 0 spiro atoms. The molecule has 0 unspecified atom stereocenters. The average Bonchev–Trinajstić information content (AvgIpc) is 3.19. The van der Waals surface area contributed by atoms with Gasteiger partial charge in [0.15, 0.2) is 11.4 Å². The van der Waals surface area contributed by atoms with Crippen LogP contribution in [0.25, 0.3) is 16.8 Å². The highest BCUT2D eigenvalue weighted by atomic mass is 35.5. The van der Waals surface area contributed by atoms with Crippen molar-refractivity contribution in [3.63, 3.8) is 0 Å². The van der Waals surface area contributed by atoms with Crippen LogP contribution < -0.4 is 10.6 Å². The number of aryl methyl sites for hydroxylation is 2. The Hall–Kier alpha value is -1.40. The fraction of sp³-hybridized carbons (Fsp3) is 0.353. The molecule has 2 N–H and O–H groups in total. The van der Waals surface area contributed by atoms with E-state index in [9.17, 15) is 0 Å². The van der Waals surface area contributed by atoms with Gasteiger partial charge in [-0.15, -0.1) is 24.8 Å². The van der Waals surface area contributed by atoms with Gasteiger partial charge in [0.2, 0.25) is 0 Å². The lowest BCUT2D eigenvalue weighted by Gasteiger charge is -2.18. The lowest BCUT2D eigenvalue weighted by atomic mass is 10.2. The first-order chi connectivity index (χ1) is 11.0. The Morgan fingerprint density at radius 2 is 1.88 bits per heavy atom. The molecular weight excluding hydrogens is 383 g/mol. The zero-order valence-corrected chi connectivity index (χ0v) is 16.4. The summed E-state index contributed by atoms with van der Waals surface area (Å²) in [7, 11) is 0. The first-order valence-corrected chi connectivity index (χ1v) is 8.17. The van der Waals surface area contributed by atoms with Gasteiger partial charge in [-0.3, -0.25) is 4.57 Å². The smallest absolute Gasteiger partial charge is 0.192 e. The van der Waals surface area contributed by atoms with Crippen LogP contribution in [0.15, 0.2) is 28.8 Å². The van der Waals surface area contributed by atoms with Crippen molar-refractivity contribution in [1.29, 1.82) is 0 Å². The lowest BCUT2D eigenvalue weighted by Crippen LogP contribution is -2.26. The molecule has 1 atom stereocenters. The van der Waals surface area contributed by atoms with Crippen LogP contribution in [0.3, 0.4) is 0 Å². The molecule has 2 aromatic heterocycles. The Labute approximate surface area is 163 Å². The van der Waals surface area contributed by atoms with Crippen molar-refractivity contribution in [2.75, 3.05) is 18.0 Å². The number of rotatable bonds is 2. The number of aromatic nitrogens is 2. The maximum absolute atomic E-state index is 6.37. The van der Waals surface area contributed by atoms with E-state index in [1.807, 2.05) is 12.1 Å². The highest BCUT2D eigenvalue weighted by molar-refractivity contribution is 6.32. The molecule has 136 valence electrons. The van der Waals surface area contributed by atoms with Crippen molar-refractivity contribution in [2.24, 2.45) is 5.73 Å². The van der Waals surface area contributed by atoms with E-state index in [0.717, 1.165) is 53.4 Å². The highest BCUT2D eigenvalue weighted by Crippen LogP contribution is 2.36. The molecule has 1 fully saturated rings. The molecule has 1 aliphatic rings. The Kier molecular flexibility index (Phi) is 5.94. The predicted molar refractivity (Wildman–Crippen MR) is 107 cm³/mol. The molecule has 0 saturated carbocycles. The van der Waals surface area contributed by atoms with Crippen molar-refractivity contribution in [3.05, 3.63) is 40.7 Å². The van der Waals surface area contributed by atoms with Gasteiger partial charge in [0.1, 0.15) is 0 Å². The summed E-state index contributed by atoms with van der Waals surface area (Å²) in [6.07, 6.45) is 0.977. The van der Waals surface area contributed by atoms with Gasteiger partial charge < -0.3 is 15.2 Å². The first-order valence-electron chi connectivity index (χ1n) is 7.79. The average molecular weight is 404 g/mol. The van der Waals surface area contributed by atoms with Crippen molar-refractivity contribution in [2.45, 2.75) is 26.3 Å². The quantitative estimate of drug-likeness (QED) is 0.694. The number of halogens is 3. The van der Waals surface area contributed by atoms with Crippen LogP contribution >= 0.6 is 36.4 Å². The van der Waals surface area contributed by atoms with Crippen molar-refractivity contribution >= 4 is 53.1 Å². The Morgan fingerprint density at radius 3 is 2.48 bits per heavy atom. The molecular formula is C17H21Cl3N4O. The number of nitrogens with two attached hydrogens (primary N) is 1. The van der Waals surface area contributed by atoms with E-state index >= 15 is 0 Å². The number of benzene rings is 1. The van der Waals surface area contributed by atoms with E-state index < -0.39 is 0 Å². The molecule has 0 radical (unpaired) electrons. The number of nitrogens with zero attached hydrogens (tertiary/aromatic N) is 3. The molecule has 5 nitrogen and oxygen atoms in total. The zero-order valence-electron chi connectivity index (χ0n) is 14.0. The molecule has 1 aromatic carbocycles. The molecule has 1 saturated heterocycles. The molecule has 8 heteroatoms. The largest absolute Gasteiger partial charge is 0.367 e. The minimum Gasteiger partial charge on any atom is -0.367 e.